The Balaban J connectivity index is 0.00000210. The first-order valence-corrected chi connectivity index (χ1v) is 9.15. The monoisotopic (exact) mass is 380 g/mol. The van der Waals surface area contributed by atoms with Crippen molar-refractivity contribution in [1.82, 2.24) is 9.97 Å². The molecule has 0 amide bonds. The highest BCUT2D eigenvalue weighted by atomic mass is 35.5. The molecule has 4 rings (SSSR count). The zero-order valence-corrected chi connectivity index (χ0v) is 16.8. The average molecular weight is 381 g/mol. The van der Waals surface area contributed by atoms with Crippen molar-refractivity contribution in [2.24, 2.45) is 0 Å². The van der Waals surface area contributed by atoms with Crippen LogP contribution in [0.2, 0.25) is 0 Å². The van der Waals surface area contributed by atoms with Gasteiger partial charge in [0.05, 0.1) is 6.04 Å². The van der Waals surface area contributed by atoms with Crippen LogP contribution >= 0.6 is 12.4 Å². The zero-order valence-electron chi connectivity index (χ0n) is 15.9. The van der Waals surface area contributed by atoms with E-state index in [0.717, 1.165) is 35.7 Å². The molecule has 0 bridgehead atoms. The molecule has 27 heavy (non-hydrogen) atoms. The van der Waals surface area contributed by atoms with Gasteiger partial charge in [-0.2, -0.15) is 4.98 Å². The van der Waals surface area contributed by atoms with Crippen molar-refractivity contribution in [3.8, 4) is 0 Å². The van der Waals surface area contributed by atoms with E-state index in [9.17, 15) is 0 Å². The normalized spacial score (nSPS) is 15.7. The molecule has 0 spiro atoms. The molecule has 0 radical (unpaired) electrons. The van der Waals surface area contributed by atoms with Crippen LogP contribution in [0, 0.1) is 13.8 Å². The number of nitrogens with zero attached hydrogens (tertiary/aromatic N) is 3. The Labute approximate surface area is 167 Å². The van der Waals surface area contributed by atoms with E-state index >= 15 is 0 Å². The summed E-state index contributed by atoms with van der Waals surface area (Å²) in [4.78, 5) is 11.9. The van der Waals surface area contributed by atoms with Crippen molar-refractivity contribution in [2.75, 3.05) is 16.8 Å². The molecule has 2 aromatic carbocycles. The van der Waals surface area contributed by atoms with E-state index in [1.54, 1.807) is 0 Å². The first-order valence-electron chi connectivity index (χ1n) is 9.15. The molecule has 2 heterocycles. The molecule has 1 N–H and O–H groups in total. The van der Waals surface area contributed by atoms with Gasteiger partial charge in [0.1, 0.15) is 5.82 Å². The van der Waals surface area contributed by atoms with Gasteiger partial charge in [-0.05, 0) is 50.5 Å². The minimum atomic E-state index is 0. The molecule has 0 saturated heterocycles. The average Bonchev–Trinajstić information content (AvgIpc) is 2.66. The second-order valence-corrected chi connectivity index (χ2v) is 6.89. The minimum Gasteiger partial charge on any atom is -0.349 e. The smallest absolute Gasteiger partial charge is 0.229 e. The largest absolute Gasteiger partial charge is 0.349 e. The van der Waals surface area contributed by atoms with E-state index in [2.05, 4.69) is 60.2 Å². The van der Waals surface area contributed by atoms with Crippen molar-refractivity contribution in [3.05, 3.63) is 77.0 Å². The summed E-state index contributed by atoms with van der Waals surface area (Å²) in [7, 11) is 0. The van der Waals surface area contributed by atoms with Crippen LogP contribution < -0.4 is 10.2 Å². The maximum atomic E-state index is 4.88. The Morgan fingerprint density at radius 3 is 2.44 bits per heavy atom. The number of rotatable bonds is 3. The van der Waals surface area contributed by atoms with Gasteiger partial charge >= 0.3 is 0 Å². The number of aromatic nitrogens is 2. The first-order chi connectivity index (χ1) is 12.6. The Morgan fingerprint density at radius 2 is 1.67 bits per heavy atom. The Kier molecular flexibility index (Phi) is 5.66. The summed E-state index contributed by atoms with van der Waals surface area (Å²) in [6.07, 6.45) is 1.05. The number of para-hydroxylation sites is 1. The van der Waals surface area contributed by atoms with E-state index in [1.807, 2.05) is 30.3 Å². The lowest BCUT2D eigenvalue weighted by atomic mass is 9.93. The van der Waals surface area contributed by atoms with Gasteiger partial charge in [-0.3, -0.25) is 0 Å². The molecule has 1 aliphatic heterocycles. The molecule has 4 nitrogen and oxygen atoms in total. The lowest BCUT2D eigenvalue weighted by Gasteiger charge is -2.37. The molecular weight excluding hydrogens is 356 g/mol. The second kappa shape index (κ2) is 7.97. The number of aryl methyl sites for hydroxylation is 1. The van der Waals surface area contributed by atoms with Gasteiger partial charge in [0.25, 0.3) is 0 Å². The van der Waals surface area contributed by atoms with Crippen LogP contribution in [0.5, 0.6) is 0 Å². The van der Waals surface area contributed by atoms with Crippen LogP contribution in [-0.4, -0.2) is 16.5 Å². The molecule has 3 aromatic rings. The Morgan fingerprint density at radius 1 is 0.963 bits per heavy atom. The predicted molar refractivity (Wildman–Crippen MR) is 114 cm³/mol. The summed E-state index contributed by atoms with van der Waals surface area (Å²) < 4.78 is 0. The number of hydrogen-bond acceptors (Lipinski definition) is 4. The van der Waals surface area contributed by atoms with Crippen molar-refractivity contribution >= 4 is 29.9 Å². The van der Waals surface area contributed by atoms with Crippen LogP contribution in [0.15, 0.2) is 54.6 Å². The molecule has 1 aromatic heterocycles. The molecule has 0 aliphatic carbocycles. The van der Waals surface area contributed by atoms with Crippen molar-refractivity contribution in [1.29, 1.82) is 0 Å². The van der Waals surface area contributed by atoms with Crippen LogP contribution in [-0.2, 0) is 6.42 Å². The SMILES string of the molecule is Cc1nc(Nc2ccccc2)nc(N2CCc3ccccc3[C@@H]2C)c1C.Cl. The van der Waals surface area contributed by atoms with E-state index in [-0.39, 0.29) is 12.4 Å². The fraction of sp³-hybridized carbons (Fsp3) is 0.273. The fourth-order valence-electron chi connectivity index (χ4n) is 3.66. The van der Waals surface area contributed by atoms with E-state index < -0.39 is 0 Å². The van der Waals surface area contributed by atoms with Gasteiger partial charge in [-0.15, -0.1) is 12.4 Å². The molecule has 1 aliphatic rings. The van der Waals surface area contributed by atoms with E-state index in [1.165, 1.54) is 11.1 Å². The number of benzene rings is 2. The van der Waals surface area contributed by atoms with Gasteiger partial charge in [0, 0.05) is 23.5 Å². The van der Waals surface area contributed by atoms with Gasteiger partial charge in [-0.1, -0.05) is 42.5 Å². The first kappa shape index (κ1) is 19.2. The standard InChI is InChI=1S/C22H24N4.ClH/c1-15-16(2)23-22(24-19-10-5-4-6-11-19)25-21(15)26-14-13-18-9-7-8-12-20(18)17(26)3;/h4-12,17H,13-14H2,1-3H3,(H,23,24,25);1H/t17-;/m0./s1. The van der Waals surface area contributed by atoms with Crippen molar-refractivity contribution in [2.45, 2.75) is 33.2 Å². The third kappa shape index (κ3) is 3.76. The molecular formula is C22H25ClN4. The predicted octanol–water partition coefficient (Wildman–Crippen LogP) is 5.38. The maximum absolute atomic E-state index is 4.88. The summed E-state index contributed by atoms with van der Waals surface area (Å²) in [5.74, 6) is 1.68. The third-order valence-corrected chi connectivity index (χ3v) is 5.26. The summed E-state index contributed by atoms with van der Waals surface area (Å²) in [5.41, 5.74) is 6.00. The molecule has 0 saturated carbocycles. The van der Waals surface area contributed by atoms with Gasteiger partial charge in [0.15, 0.2) is 0 Å². The third-order valence-electron chi connectivity index (χ3n) is 5.26. The maximum Gasteiger partial charge on any atom is 0.229 e. The Bertz CT molecular complexity index is 927. The molecule has 0 unspecified atom stereocenters. The molecule has 140 valence electrons. The van der Waals surface area contributed by atoms with E-state index in [4.69, 9.17) is 4.98 Å². The van der Waals surface area contributed by atoms with Crippen molar-refractivity contribution < 1.29 is 0 Å². The summed E-state index contributed by atoms with van der Waals surface area (Å²) in [5, 5.41) is 3.34. The molecule has 5 heteroatoms. The number of hydrogen-bond donors (Lipinski definition) is 1. The highest BCUT2D eigenvalue weighted by molar-refractivity contribution is 5.85. The summed E-state index contributed by atoms with van der Waals surface area (Å²) in [6, 6.07) is 19.1. The number of fused-ring (bicyclic) bond motifs is 1. The molecule has 1 atom stereocenters. The minimum absolute atomic E-state index is 0. The number of halogens is 1. The second-order valence-electron chi connectivity index (χ2n) is 6.89. The highest BCUT2D eigenvalue weighted by Gasteiger charge is 2.26. The quantitative estimate of drug-likeness (QED) is 0.662. The van der Waals surface area contributed by atoms with Gasteiger partial charge < -0.3 is 10.2 Å². The van der Waals surface area contributed by atoms with Crippen molar-refractivity contribution in [3.63, 3.8) is 0 Å². The Hall–Kier alpha value is -2.59. The van der Waals surface area contributed by atoms with Crippen LogP contribution in [0.25, 0.3) is 0 Å². The highest BCUT2D eigenvalue weighted by Crippen LogP contribution is 2.35. The van der Waals surface area contributed by atoms with Crippen LogP contribution in [0.3, 0.4) is 0 Å². The summed E-state index contributed by atoms with van der Waals surface area (Å²) in [6.45, 7) is 7.41. The number of anilines is 3. The topological polar surface area (TPSA) is 41.1 Å². The van der Waals surface area contributed by atoms with Crippen LogP contribution in [0.1, 0.15) is 35.3 Å². The fourth-order valence-corrected chi connectivity index (χ4v) is 3.66. The van der Waals surface area contributed by atoms with E-state index in [0.29, 0.717) is 12.0 Å². The van der Waals surface area contributed by atoms with Gasteiger partial charge in [0.2, 0.25) is 5.95 Å². The van der Waals surface area contributed by atoms with Crippen LogP contribution in [0.4, 0.5) is 17.5 Å². The number of nitrogens with one attached hydrogen (secondary N) is 1. The lowest BCUT2D eigenvalue weighted by Crippen LogP contribution is -2.35. The van der Waals surface area contributed by atoms with Gasteiger partial charge in [-0.25, -0.2) is 4.98 Å². The zero-order chi connectivity index (χ0) is 18.1. The molecule has 0 fully saturated rings. The summed E-state index contributed by atoms with van der Waals surface area (Å²) >= 11 is 0. The lowest BCUT2D eigenvalue weighted by molar-refractivity contribution is 0.614.